The highest BCUT2D eigenvalue weighted by molar-refractivity contribution is 5.80. The fourth-order valence-corrected chi connectivity index (χ4v) is 3.99. The monoisotopic (exact) mass is 346 g/mol. The van der Waals surface area contributed by atoms with Crippen LogP contribution in [-0.4, -0.2) is 58.1 Å². The number of nitrogens with zero attached hydrogens (tertiary/aromatic N) is 5. The van der Waals surface area contributed by atoms with Gasteiger partial charge in [0.2, 0.25) is 5.91 Å². The van der Waals surface area contributed by atoms with E-state index in [1.807, 2.05) is 36.8 Å². The van der Waals surface area contributed by atoms with Gasteiger partial charge in [0.25, 0.3) is 0 Å². The minimum absolute atomic E-state index is 0.0295. The molecule has 2 N–H and O–H groups in total. The van der Waals surface area contributed by atoms with Gasteiger partial charge < -0.3 is 15.5 Å². The third kappa shape index (κ3) is 3.65. The van der Waals surface area contributed by atoms with E-state index in [0.717, 1.165) is 24.3 Å². The molecule has 2 aliphatic rings. The zero-order valence-electron chi connectivity index (χ0n) is 15.6. The molecule has 138 valence electrons. The lowest BCUT2D eigenvalue weighted by Crippen LogP contribution is -2.38. The Morgan fingerprint density at radius 1 is 1.28 bits per heavy atom. The van der Waals surface area contributed by atoms with Gasteiger partial charge in [-0.1, -0.05) is 12.8 Å². The van der Waals surface area contributed by atoms with Crippen molar-refractivity contribution in [2.45, 2.75) is 45.1 Å². The fourth-order valence-electron chi connectivity index (χ4n) is 3.99. The predicted octanol–water partition coefficient (Wildman–Crippen LogP) is 1.44. The highest BCUT2D eigenvalue weighted by atomic mass is 16.2. The summed E-state index contributed by atoms with van der Waals surface area (Å²) in [5.41, 5.74) is 8.46. The number of hydrogen-bond acceptors (Lipinski definition) is 3. The van der Waals surface area contributed by atoms with Gasteiger partial charge in [0.15, 0.2) is 5.96 Å². The Morgan fingerprint density at radius 3 is 2.56 bits per heavy atom. The SMILES string of the molecule is Cc1c([C@H]2[C@H](CN=C(N)N3CCCCCC3)CC(=O)N2C)cnn1C. The van der Waals surface area contributed by atoms with E-state index >= 15 is 0 Å². The molecule has 3 rings (SSSR count). The number of rotatable bonds is 3. The number of aromatic nitrogens is 2. The van der Waals surface area contributed by atoms with Crippen LogP contribution >= 0.6 is 0 Å². The van der Waals surface area contributed by atoms with Crippen molar-refractivity contribution in [2.75, 3.05) is 26.7 Å². The number of likely N-dealkylation sites (tertiary alicyclic amines) is 2. The summed E-state index contributed by atoms with van der Waals surface area (Å²) in [6, 6.07) is 0.0295. The van der Waals surface area contributed by atoms with Crippen LogP contribution in [0, 0.1) is 12.8 Å². The molecule has 2 fully saturated rings. The van der Waals surface area contributed by atoms with E-state index < -0.39 is 0 Å². The Kier molecular flexibility index (Phi) is 5.30. The number of carbonyl (C=O) groups is 1. The molecule has 0 saturated carbocycles. The van der Waals surface area contributed by atoms with Crippen molar-refractivity contribution >= 4 is 11.9 Å². The molecule has 1 aromatic heterocycles. The molecule has 0 radical (unpaired) electrons. The molecule has 0 aliphatic carbocycles. The van der Waals surface area contributed by atoms with Crippen LogP contribution in [0.25, 0.3) is 0 Å². The second-order valence-electron chi connectivity index (χ2n) is 7.32. The fraction of sp³-hybridized carbons (Fsp3) is 0.722. The van der Waals surface area contributed by atoms with Crippen molar-refractivity contribution in [3.05, 3.63) is 17.5 Å². The number of aliphatic imine (C=N–C) groups is 1. The first-order valence-electron chi connectivity index (χ1n) is 9.28. The van der Waals surface area contributed by atoms with Gasteiger partial charge in [0, 0.05) is 57.3 Å². The van der Waals surface area contributed by atoms with Crippen LogP contribution in [0.3, 0.4) is 0 Å². The lowest BCUT2D eigenvalue weighted by molar-refractivity contribution is -0.127. The van der Waals surface area contributed by atoms with Crippen LogP contribution in [0.1, 0.15) is 49.4 Å². The zero-order chi connectivity index (χ0) is 18.0. The molecular formula is C18H30N6O. The average molecular weight is 346 g/mol. The topological polar surface area (TPSA) is 79.8 Å². The molecule has 3 heterocycles. The molecule has 1 amide bonds. The molecule has 2 aliphatic heterocycles. The van der Waals surface area contributed by atoms with Gasteiger partial charge in [-0.05, 0) is 19.8 Å². The van der Waals surface area contributed by atoms with Crippen LogP contribution in [-0.2, 0) is 11.8 Å². The van der Waals surface area contributed by atoms with Crippen LogP contribution in [0.5, 0.6) is 0 Å². The molecule has 1 aromatic rings. The van der Waals surface area contributed by atoms with Crippen molar-refractivity contribution in [1.29, 1.82) is 0 Å². The number of nitrogens with two attached hydrogens (primary N) is 1. The second-order valence-corrected chi connectivity index (χ2v) is 7.32. The average Bonchev–Trinajstić information content (AvgIpc) is 2.94. The number of aryl methyl sites for hydroxylation is 1. The highest BCUT2D eigenvalue weighted by Gasteiger charge is 2.39. The first-order valence-corrected chi connectivity index (χ1v) is 9.28. The number of hydrogen-bond donors (Lipinski definition) is 1. The number of amides is 1. The molecule has 0 aromatic carbocycles. The Balaban J connectivity index is 1.74. The molecule has 25 heavy (non-hydrogen) atoms. The summed E-state index contributed by atoms with van der Waals surface area (Å²) >= 11 is 0. The van der Waals surface area contributed by atoms with Gasteiger partial charge in [-0.3, -0.25) is 14.5 Å². The molecule has 0 unspecified atom stereocenters. The van der Waals surface area contributed by atoms with E-state index in [2.05, 4.69) is 15.0 Å². The van der Waals surface area contributed by atoms with Gasteiger partial charge in [0.05, 0.1) is 12.2 Å². The first-order chi connectivity index (χ1) is 12.0. The van der Waals surface area contributed by atoms with Crippen LogP contribution in [0.4, 0.5) is 0 Å². The predicted molar refractivity (Wildman–Crippen MR) is 98.1 cm³/mol. The second kappa shape index (κ2) is 7.45. The quantitative estimate of drug-likeness (QED) is 0.663. The minimum atomic E-state index is 0.0295. The zero-order valence-corrected chi connectivity index (χ0v) is 15.6. The van der Waals surface area contributed by atoms with Crippen LogP contribution in [0.15, 0.2) is 11.2 Å². The maximum absolute atomic E-state index is 12.3. The van der Waals surface area contributed by atoms with E-state index in [1.54, 1.807) is 0 Å². The maximum atomic E-state index is 12.3. The summed E-state index contributed by atoms with van der Waals surface area (Å²) in [4.78, 5) is 21.0. The molecule has 0 spiro atoms. The van der Waals surface area contributed by atoms with E-state index in [4.69, 9.17) is 5.73 Å². The number of carbonyl (C=O) groups excluding carboxylic acids is 1. The summed E-state index contributed by atoms with van der Waals surface area (Å²) in [7, 11) is 3.81. The van der Waals surface area contributed by atoms with Gasteiger partial charge >= 0.3 is 0 Å². The highest BCUT2D eigenvalue weighted by Crippen LogP contribution is 2.38. The summed E-state index contributed by atoms with van der Waals surface area (Å²) in [6.07, 6.45) is 7.30. The van der Waals surface area contributed by atoms with Gasteiger partial charge in [-0.2, -0.15) is 5.10 Å². The van der Waals surface area contributed by atoms with Crippen LogP contribution < -0.4 is 5.73 Å². The van der Waals surface area contributed by atoms with Gasteiger partial charge in [-0.25, -0.2) is 0 Å². The molecular weight excluding hydrogens is 316 g/mol. The van der Waals surface area contributed by atoms with Crippen LogP contribution in [0.2, 0.25) is 0 Å². The molecule has 0 bridgehead atoms. The molecule has 7 nitrogen and oxygen atoms in total. The molecule has 7 heteroatoms. The van der Waals surface area contributed by atoms with Gasteiger partial charge in [-0.15, -0.1) is 0 Å². The minimum Gasteiger partial charge on any atom is -0.370 e. The summed E-state index contributed by atoms with van der Waals surface area (Å²) in [6.45, 7) is 4.61. The van der Waals surface area contributed by atoms with Crippen molar-refractivity contribution in [2.24, 2.45) is 23.7 Å². The molecule has 2 atom stereocenters. The van der Waals surface area contributed by atoms with Crippen molar-refractivity contribution < 1.29 is 4.79 Å². The smallest absolute Gasteiger partial charge is 0.223 e. The van der Waals surface area contributed by atoms with Crippen molar-refractivity contribution in [1.82, 2.24) is 19.6 Å². The lowest BCUT2D eigenvalue weighted by atomic mass is 9.94. The Bertz CT molecular complexity index is 644. The standard InChI is InChI=1S/C18H30N6O/c1-13-15(12-21-23(13)3)17-14(10-16(25)22(17)2)11-20-18(19)24-8-6-4-5-7-9-24/h12,14,17H,4-11H2,1-3H3,(H2,19,20)/t14-,17+/m0/s1. The van der Waals surface area contributed by atoms with E-state index in [9.17, 15) is 4.79 Å². The maximum Gasteiger partial charge on any atom is 0.223 e. The number of guanidine groups is 1. The van der Waals surface area contributed by atoms with E-state index in [1.165, 1.54) is 25.7 Å². The summed E-state index contributed by atoms with van der Waals surface area (Å²) in [5.74, 6) is 0.943. The summed E-state index contributed by atoms with van der Waals surface area (Å²) in [5, 5.41) is 4.34. The largest absolute Gasteiger partial charge is 0.370 e. The Hall–Kier alpha value is -2.05. The normalized spacial score (nSPS) is 25.6. The summed E-state index contributed by atoms with van der Waals surface area (Å²) < 4.78 is 1.86. The third-order valence-electron chi connectivity index (χ3n) is 5.70. The molecule has 2 saturated heterocycles. The Morgan fingerprint density at radius 2 is 1.96 bits per heavy atom. The van der Waals surface area contributed by atoms with Crippen molar-refractivity contribution in [3.8, 4) is 0 Å². The van der Waals surface area contributed by atoms with Crippen molar-refractivity contribution in [3.63, 3.8) is 0 Å². The third-order valence-corrected chi connectivity index (χ3v) is 5.70. The Labute approximate surface area is 149 Å². The lowest BCUT2D eigenvalue weighted by Gasteiger charge is -2.25. The van der Waals surface area contributed by atoms with Gasteiger partial charge in [0.1, 0.15) is 0 Å². The first kappa shape index (κ1) is 17.8. The van der Waals surface area contributed by atoms with E-state index in [-0.39, 0.29) is 17.9 Å². The van der Waals surface area contributed by atoms with E-state index in [0.29, 0.717) is 18.9 Å².